The summed E-state index contributed by atoms with van der Waals surface area (Å²) in [5.41, 5.74) is 0. The minimum Gasteiger partial charge on any atom is -0.725 e. The molecule has 0 heterocycles. The number of hydrogen-bond acceptors (Lipinski definition) is 4. The van der Waals surface area contributed by atoms with Crippen LogP contribution in [0.15, 0.2) is 0 Å². The van der Waals surface area contributed by atoms with Gasteiger partial charge in [0.1, 0.15) is 0 Å². The fourth-order valence-electron chi connectivity index (χ4n) is 0.0546. The van der Waals surface area contributed by atoms with Crippen LogP contribution >= 0.6 is 0 Å². The topological polar surface area (TPSA) is 66.4 Å². The van der Waals surface area contributed by atoms with Crippen molar-refractivity contribution >= 4 is 10.4 Å². The van der Waals surface area contributed by atoms with Crippen molar-refractivity contribution in [3.8, 4) is 0 Å². The van der Waals surface area contributed by atoms with Crippen molar-refractivity contribution in [2.24, 2.45) is 0 Å². The van der Waals surface area contributed by atoms with E-state index >= 15 is 0 Å². The maximum absolute atomic E-state index is 10.7. The van der Waals surface area contributed by atoms with Gasteiger partial charge >= 0.3 is 0 Å². The van der Waals surface area contributed by atoms with E-state index in [0.717, 1.165) is 0 Å². The first-order valence-electron chi connectivity index (χ1n) is 1.22. The van der Waals surface area contributed by atoms with E-state index in [-0.39, 0.29) is 0 Å². The molecule has 0 aliphatic heterocycles. The van der Waals surface area contributed by atoms with Gasteiger partial charge in [-0.05, 0) is 0 Å². The van der Waals surface area contributed by atoms with Crippen LogP contribution in [0.4, 0.5) is 4.39 Å². The van der Waals surface area contributed by atoms with Gasteiger partial charge in [0.15, 0.2) is 0 Å². The van der Waals surface area contributed by atoms with Crippen LogP contribution in [0.5, 0.6) is 0 Å². The zero-order valence-corrected chi connectivity index (χ0v) is 3.94. The zero-order valence-electron chi connectivity index (χ0n) is 3.13. The fraction of sp³-hybridized carbons (Fsp3) is 1.00. The molecule has 6 heteroatoms. The Morgan fingerprint density at radius 1 is 1.71 bits per heavy atom. The Kier molecular flexibility index (Phi) is 2.13. The summed E-state index contributed by atoms with van der Waals surface area (Å²) >= 11 is 0. The summed E-state index contributed by atoms with van der Waals surface area (Å²) < 4.78 is 41.3. The van der Waals surface area contributed by atoms with E-state index in [1.807, 2.05) is 0 Å². The van der Waals surface area contributed by atoms with Gasteiger partial charge < -0.3 is 4.55 Å². The van der Waals surface area contributed by atoms with Crippen molar-refractivity contribution in [2.75, 3.05) is 6.86 Å². The second-order valence-electron chi connectivity index (χ2n) is 0.635. The predicted molar refractivity (Wildman–Crippen MR) is 16.8 cm³/mol. The Balaban J connectivity index is 3.60. The van der Waals surface area contributed by atoms with E-state index in [1.165, 1.54) is 0 Å². The van der Waals surface area contributed by atoms with E-state index in [1.54, 1.807) is 0 Å². The van der Waals surface area contributed by atoms with Crippen molar-refractivity contribution in [1.29, 1.82) is 0 Å². The second kappa shape index (κ2) is 2.20. The first kappa shape index (κ1) is 6.80. The molecular weight excluding hydrogens is 127 g/mol. The molecule has 0 saturated carbocycles. The average molecular weight is 129 g/mol. The maximum atomic E-state index is 10.7. The first-order chi connectivity index (χ1) is 3.06. The highest BCUT2D eigenvalue weighted by atomic mass is 32.3. The lowest BCUT2D eigenvalue weighted by molar-refractivity contribution is 0.172. The van der Waals surface area contributed by atoms with Gasteiger partial charge in [-0.3, -0.25) is 0 Å². The first-order valence-corrected chi connectivity index (χ1v) is 2.56. The van der Waals surface area contributed by atoms with Gasteiger partial charge in [0.25, 0.3) is 0 Å². The lowest BCUT2D eigenvalue weighted by atomic mass is 11.6. The summed E-state index contributed by atoms with van der Waals surface area (Å²) in [6.45, 7) is -1.59. The molecular formula is CH2FO4S-. The third-order valence-electron chi connectivity index (χ3n) is 0.189. The molecule has 0 radical (unpaired) electrons. The summed E-state index contributed by atoms with van der Waals surface area (Å²) in [7, 11) is -4.80. The lowest BCUT2D eigenvalue weighted by Crippen LogP contribution is -2.01. The highest BCUT2D eigenvalue weighted by Crippen LogP contribution is 1.82. The molecule has 44 valence electrons. The number of rotatable bonds is 2. The van der Waals surface area contributed by atoms with Crippen molar-refractivity contribution in [2.45, 2.75) is 0 Å². The van der Waals surface area contributed by atoms with Crippen molar-refractivity contribution in [3.05, 3.63) is 0 Å². The van der Waals surface area contributed by atoms with Crippen molar-refractivity contribution in [1.82, 2.24) is 0 Å². The lowest BCUT2D eigenvalue weighted by Gasteiger charge is -2.00. The molecule has 4 nitrogen and oxygen atoms in total. The summed E-state index contributed by atoms with van der Waals surface area (Å²) in [6, 6.07) is 0. The van der Waals surface area contributed by atoms with Gasteiger partial charge in [0, 0.05) is 0 Å². The monoisotopic (exact) mass is 129 g/mol. The van der Waals surface area contributed by atoms with Crippen LogP contribution in [-0.4, -0.2) is 19.8 Å². The van der Waals surface area contributed by atoms with E-state index in [4.69, 9.17) is 0 Å². The third-order valence-corrected chi connectivity index (χ3v) is 0.567. The normalized spacial score (nSPS) is 11.7. The molecule has 0 aromatic heterocycles. The molecule has 0 aromatic rings. The Bertz CT molecular complexity index is 125. The van der Waals surface area contributed by atoms with Crippen molar-refractivity contribution < 1.29 is 21.5 Å². The van der Waals surface area contributed by atoms with E-state index in [9.17, 15) is 17.4 Å². The van der Waals surface area contributed by atoms with Crippen LogP contribution in [0, 0.1) is 0 Å². The van der Waals surface area contributed by atoms with Crippen LogP contribution in [0.2, 0.25) is 0 Å². The molecule has 0 amide bonds. The molecule has 0 fully saturated rings. The average Bonchev–Trinajstić information content (AvgIpc) is 1.30. The molecule has 7 heavy (non-hydrogen) atoms. The molecule has 0 atom stereocenters. The molecule has 0 N–H and O–H groups in total. The van der Waals surface area contributed by atoms with Gasteiger partial charge in [-0.15, -0.1) is 0 Å². The van der Waals surface area contributed by atoms with Gasteiger partial charge in [0.05, 0.1) is 0 Å². The third kappa shape index (κ3) is 5.80. The van der Waals surface area contributed by atoms with Crippen LogP contribution in [0.3, 0.4) is 0 Å². The van der Waals surface area contributed by atoms with Crippen LogP contribution < -0.4 is 0 Å². The number of hydrogen-bond donors (Lipinski definition) is 0. The zero-order chi connectivity index (χ0) is 5.91. The Labute approximate surface area is 39.9 Å². The molecule has 0 rings (SSSR count). The van der Waals surface area contributed by atoms with E-state index in [2.05, 4.69) is 4.18 Å². The Morgan fingerprint density at radius 3 is 2.14 bits per heavy atom. The molecule has 0 unspecified atom stereocenters. The van der Waals surface area contributed by atoms with E-state index in [0.29, 0.717) is 0 Å². The van der Waals surface area contributed by atoms with Gasteiger partial charge in [0.2, 0.25) is 17.3 Å². The predicted octanol–water partition coefficient (Wildman–Crippen LogP) is -0.610. The van der Waals surface area contributed by atoms with E-state index < -0.39 is 17.3 Å². The molecule has 0 aliphatic carbocycles. The van der Waals surface area contributed by atoms with Crippen molar-refractivity contribution in [3.63, 3.8) is 0 Å². The molecule has 0 spiro atoms. The summed E-state index contributed by atoms with van der Waals surface area (Å²) in [5.74, 6) is 0. The fourth-order valence-corrected chi connectivity index (χ4v) is 0.164. The highest BCUT2D eigenvalue weighted by Gasteiger charge is 1.87. The summed E-state index contributed by atoms with van der Waals surface area (Å²) in [5, 5.41) is 0. The smallest absolute Gasteiger partial charge is 0.220 e. The van der Waals surface area contributed by atoms with Crippen LogP contribution in [-0.2, 0) is 14.6 Å². The molecule has 0 saturated heterocycles. The highest BCUT2D eigenvalue weighted by molar-refractivity contribution is 7.80. The van der Waals surface area contributed by atoms with Crippen LogP contribution in [0.1, 0.15) is 0 Å². The number of alkyl halides is 1. The van der Waals surface area contributed by atoms with Crippen LogP contribution in [0.25, 0.3) is 0 Å². The molecule has 0 bridgehead atoms. The standard InChI is InChI=1S/CH3FO4S/c2-1-6-7(3,4)5/h1H2,(H,3,4,5)/p-1. The quantitative estimate of drug-likeness (QED) is 0.368. The number of halogens is 1. The summed E-state index contributed by atoms with van der Waals surface area (Å²) in [4.78, 5) is 0. The molecule has 0 aromatic carbocycles. The second-order valence-corrected chi connectivity index (χ2v) is 1.69. The minimum atomic E-state index is -4.80. The van der Waals surface area contributed by atoms with Gasteiger partial charge in [-0.25, -0.2) is 17.0 Å². The summed E-state index contributed by atoms with van der Waals surface area (Å²) in [6.07, 6.45) is 0. The Morgan fingerprint density at radius 2 is 2.14 bits per heavy atom. The SMILES string of the molecule is O=S(=O)([O-])OCF. The Hall–Kier alpha value is -0.200. The largest absolute Gasteiger partial charge is 0.725 e. The van der Waals surface area contributed by atoms with Gasteiger partial charge in [-0.2, -0.15) is 0 Å². The minimum absolute atomic E-state index is 1.59. The van der Waals surface area contributed by atoms with Gasteiger partial charge in [-0.1, -0.05) is 0 Å². The molecule has 0 aliphatic rings. The maximum Gasteiger partial charge on any atom is 0.220 e.